The number of carboxylic acid groups (broad SMARTS) is 2. The molecule has 0 atom stereocenters. The fourth-order valence-electron chi connectivity index (χ4n) is 1.83. The number of rotatable bonds is 5. The Morgan fingerprint density at radius 2 is 1.52 bits per heavy atom. The summed E-state index contributed by atoms with van der Waals surface area (Å²) in [6.07, 6.45) is 8.82. The number of aromatic nitrogens is 2. The highest BCUT2D eigenvalue weighted by atomic mass is 19.5. The van der Waals surface area contributed by atoms with E-state index >= 15 is 0 Å². The minimum absolute atomic E-state index is 0.190. The van der Waals surface area contributed by atoms with Crippen LogP contribution in [0.15, 0.2) is 43.0 Å². The van der Waals surface area contributed by atoms with Crippen LogP contribution in [0.1, 0.15) is 40.5 Å². The van der Waals surface area contributed by atoms with Gasteiger partial charge in [0.2, 0.25) is 6.33 Å². The van der Waals surface area contributed by atoms with E-state index in [0.29, 0.717) is 0 Å². The second kappa shape index (κ2) is 11.7. The lowest BCUT2D eigenvalue weighted by Gasteiger charge is -1.98. The number of unbranched alkanes of at least 4 members (excludes halogenated alkanes) is 1. The van der Waals surface area contributed by atoms with E-state index in [1.807, 2.05) is 7.05 Å². The number of hydrogen-bond acceptors (Lipinski definition) is 2. The standard InChI is InChI=1S/C8H15N2.C8H6O4.BF4/c1-3-4-5-10-7-6-9(2)8-10;9-7(10)5-3-1-2-4-6(5)8(11)12;2-1(3,4)5/h6-8H,3-5H2,1-2H3;1-4H,(H,9,10)(H,11,12);/q+1;;-1. The van der Waals surface area contributed by atoms with E-state index < -0.39 is 19.2 Å². The highest BCUT2D eigenvalue weighted by Gasteiger charge is 2.20. The van der Waals surface area contributed by atoms with Crippen molar-refractivity contribution in [1.29, 1.82) is 0 Å². The molecular formula is C16H21BF4N2O4. The number of carbonyl (C=O) groups is 2. The first-order valence-corrected chi connectivity index (χ1v) is 7.89. The smallest absolute Gasteiger partial charge is 0.478 e. The molecule has 1 heterocycles. The Morgan fingerprint density at radius 1 is 1.07 bits per heavy atom. The predicted octanol–water partition coefficient (Wildman–Crippen LogP) is 3.50. The van der Waals surface area contributed by atoms with Crippen molar-refractivity contribution in [2.45, 2.75) is 26.3 Å². The van der Waals surface area contributed by atoms with E-state index in [9.17, 15) is 26.9 Å². The normalized spacial score (nSPS) is 10.1. The number of nitrogens with zero attached hydrogens (tertiary/aromatic N) is 2. The number of aryl methyl sites for hydroxylation is 2. The number of benzene rings is 1. The van der Waals surface area contributed by atoms with Crippen molar-refractivity contribution in [3.8, 4) is 0 Å². The van der Waals surface area contributed by atoms with Crippen LogP contribution in [0.4, 0.5) is 17.3 Å². The third kappa shape index (κ3) is 12.2. The number of imidazole rings is 1. The van der Waals surface area contributed by atoms with Gasteiger partial charge in [0.15, 0.2) is 0 Å². The van der Waals surface area contributed by atoms with Gasteiger partial charge in [-0.2, -0.15) is 0 Å². The number of aromatic carboxylic acids is 2. The molecule has 2 rings (SSSR count). The first-order chi connectivity index (χ1) is 12.5. The maximum Gasteiger partial charge on any atom is 0.673 e. The van der Waals surface area contributed by atoms with Gasteiger partial charge in [-0.1, -0.05) is 25.5 Å². The maximum absolute atomic E-state index is 10.5. The number of carboxylic acids is 2. The average Bonchev–Trinajstić information content (AvgIpc) is 2.97. The molecule has 0 radical (unpaired) electrons. The van der Waals surface area contributed by atoms with Gasteiger partial charge < -0.3 is 27.5 Å². The summed E-state index contributed by atoms with van der Waals surface area (Å²) in [5.41, 5.74) is -0.380. The van der Waals surface area contributed by atoms with Crippen LogP contribution in [-0.4, -0.2) is 34.0 Å². The molecule has 2 aromatic rings. The maximum atomic E-state index is 10.5. The monoisotopic (exact) mass is 392 g/mol. The number of halogens is 4. The van der Waals surface area contributed by atoms with Crippen molar-refractivity contribution in [2.75, 3.05) is 0 Å². The quantitative estimate of drug-likeness (QED) is 0.464. The summed E-state index contributed by atoms with van der Waals surface area (Å²) in [6, 6.07) is 5.48. The predicted molar refractivity (Wildman–Crippen MR) is 91.1 cm³/mol. The van der Waals surface area contributed by atoms with Crippen molar-refractivity contribution in [1.82, 2.24) is 4.57 Å². The Morgan fingerprint density at radius 3 is 1.81 bits per heavy atom. The average molecular weight is 392 g/mol. The molecule has 27 heavy (non-hydrogen) atoms. The molecule has 0 aliphatic carbocycles. The molecule has 0 bridgehead atoms. The van der Waals surface area contributed by atoms with E-state index in [2.05, 4.69) is 34.8 Å². The molecule has 2 N–H and O–H groups in total. The second-order valence-corrected chi connectivity index (χ2v) is 5.32. The largest absolute Gasteiger partial charge is 0.673 e. The van der Waals surface area contributed by atoms with E-state index in [0.717, 1.165) is 6.54 Å². The van der Waals surface area contributed by atoms with Crippen molar-refractivity contribution in [3.63, 3.8) is 0 Å². The van der Waals surface area contributed by atoms with Crippen LogP contribution in [0.25, 0.3) is 0 Å². The number of hydrogen-bond donors (Lipinski definition) is 2. The van der Waals surface area contributed by atoms with Gasteiger partial charge in [-0.3, -0.25) is 0 Å². The molecule has 0 aliphatic heterocycles. The molecule has 6 nitrogen and oxygen atoms in total. The fraction of sp³-hybridized carbons (Fsp3) is 0.312. The summed E-state index contributed by atoms with van der Waals surface area (Å²) < 4.78 is 43.3. The molecule has 0 aliphatic rings. The fourth-order valence-corrected chi connectivity index (χ4v) is 1.83. The molecule has 0 amide bonds. The van der Waals surface area contributed by atoms with E-state index in [1.54, 1.807) is 0 Å². The molecule has 0 fully saturated rings. The molecule has 0 saturated carbocycles. The highest BCUT2D eigenvalue weighted by Crippen LogP contribution is 2.08. The van der Waals surface area contributed by atoms with Gasteiger partial charge in [-0.15, -0.1) is 0 Å². The Bertz CT molecular complexity index is 696. The first-order valence-electron chi connectivity index (χ1n) is 7.89. The summed E-state index contributed by atoms with van der Waals surface area (Å²) in [6.45, 7) is 3.36. The van der Waals surface area contributed by atoms with Crippen LogP contribution in [0.3, 0.4) is 0 Å². The summed E-state index contributed by atoms with van der Waals surface area (Å²) in [7, 11) is -3.96. The van der Waals surface area contributed by atoms with Gasteiger partial charge in [0.05, 0.1) is 24.7 Å². The Hall–Kier alpha value is -2.85. The van der Waals surface area contributed by atoms with Crippen LogP contribution in [0.2, 0.25) is 0 Å². The van der Waals surface area contributed by atoms with Gasteiger partial charge in [0.25, 0.3) is 0 Å². The molecule has 1 aromatic heterocycles. The van der Waals surface area contributed by atoms with Gasteiger partial charge in [-0.25, -0.2) is 18.7 Å². The Labute approximate surface area is 153 Å². The van der Waals surface area contributed by atoms with Gasteiger partial charge in [-0.05, 0) is 18.6 Å². The van der Waals surface area contributed by atoms with Gasteiger partial charge in [0.1, 0.15) is 12.4 Å². The molecule has 0 unspecified atom stereocenters. The molecule has 150 valence electrons. The third-order valence-corrected chi connectivity index (χ3v) is 2.98. The lowest BCUT2D eigenvalue weighted by Crippen LogP contribution is -2.30. The lowest BCUT2D eigenvalue weighted by atomic mass is 10.1. The van der Waals surface area contributed by atoms with E-state index in [-0.39, 0.29) is 11.1 Å². The summed E-state index contributed by atoms with van der Waals surface area (Å²) >= 11 is 0. The van der Waals surface area contributed by atoms with Crippen LogP contribution < -0.4 is 4.57 Å². The van der Waals surface area contributed by atoms with Crippen molar-refractivity contribution >= 4 is 19.2 Å². The molecule has 0 spiro atoms. The van der Waals surface area contributed by atoms with Crippen molar-refractivity contribution in [3.05, 3.63) is 54.1 Å². The Balaban J connectivity index is 0.000000408. The zero-order valence-electron chi connectivity index (χ0n) is 14.9. The van der Waals surface area contributed by atoms with E-state index in [4.69, 9.17) is 10.2 Å². The van der Waals surface area contributed by atoms with Crippen LogP contribution in [0.5, 0.6) is 0 Å². The zero-order valence-corrected chi connectivity index (χ0v) is 14.9. The molecule has 0 saturated heterocycles. The van der Waals surface area contributed by atoms with Crippen LogP contribution in [-0.2, 0) is 13.6 Å². The van der Waals surface area contributed by atoms with Gasteiger partial charge in [0, 0.05) is 0 Å². The topological polar surface area (TPSA) is 83.4 Å². The van der Waals surface area contributed by atoms with Crippen molar-refractivity contribution in [2.24, 2.45) is 7.05 Å². The van der Waals surface area contributed by atoms with Gasteiger partial charge >= 0.3 is 19.2 Å². The summed E-state index contributed by atoms with van der Waals surface area (Å²) in [4.78, 5) is 20.9. The molecule has 1 aromatic carbocycles. The minimum atomic E-state index is -6.00. The summed E-state index contributed by atoms with van der Waals surface area (Å²) in [5.74, 6) is -2.46. The lowest BCUT2D eigenvalue weighted by molar-refractivity contribution is -0.696. The third-order valence-electron chi connectivity index (χ3n) is 2.98. The Kier molecular flexibility index (Phi) is 10.5. The highest BCUT2D eigenvalue weighted by molar-refractivity contribution is 6.50. The SMILES string of the molecule is CCCC[n+]1ccn(C)c1.F[B-](F)(F)F.O=C(O)c1ccccc1C(=O)O. The van der Waals surface area contributed by atoms with Crippen LogP contribution >= 0.6 is 0 Å². The molecule has 11 heteroatoms. The molecular weight excluding hydrogens is 371 g/mol. The zero-order chi connectivity index (χ0) is 21.0. The first kappa shape index (κ1) is 24.2. The second-order valence-electron chi connectivity index (χ2n) is 5.32. The minimum Gasteiger partial charge on any atom is -0.478 e. The summed E-state index contributed by atoms with van der Waals surface area (Å²) in [5, 5.41) is 17.1. The van der Waals surface area contributed by atoms with Crippen molar-refractivity contribution < 1.29 is 41.6 Å². The van der Waals surface area contributed by atoms with Crippen LogP contribution in [0, 0.1) is 0 Å². The van der Waals surface area contributed by atoms with E-state index in [1.165, 1.54) is 37.1 Å².